The van der Waals surface area contributed by atoms with E-state index in [0.29, 0.717) is 12.1 Å². The molecule has 1 saturated carbocycles. The Morgan fingerprint density at radius 2 is 2.17 bits per heavy atom. The molecule has 0 radical (unpaired) electrons. The first-order valence-corrected chi connectivity index (χ1v) is 7.82. The highest BCUT2D eigenvalue weighted by molar-refractivity contribution is 8.14. The lowest BCUT2D eigenvalue weighted by atomic mass is 10.0. The van der Waals surface area contributed by atoms with E-state index in [-0.39, 0.29) is 0 Å². The highest BCUT2D eigenvalue weighted by Crippen LogP contribution is 2.37. The summed E-state index contributed by atoms with van der Waals surface area (Å²) in [6.45, 7) is 0.714. The van der Waals surface area contributed by atoms with Crippen molar-refractivity contribution in [3.63, 3.8) is 0 Å². The van der Waals surface area contributed by atoms with E-state index in [1.165, 1.54) is 37.0 Å². The van der Waals surface area contributed by atoms with Gasteiger partial charge in [-0.1, -0.05) is 48.3 Å². The molecule has 0 bridgehead atoms. The molecular weight excluding hydrogens is 264 g/mol. The third-order valence-electron chi connectivity index (χ3n) is 3.71. The molecule has 1 aliphatic carbocycles. The standard InChI is InChI=1S/C14H17ClN2S/c15-12-5-3-4-11(8-12)9-16-13-17-14(10-18-13)6-1-2-7-14/h3-5,8H,1-2,6-7,9-10H2,(H,16,17). The van der Waals surface area contributed by atoms with Crippen molar-refractivity contribution in [1.29, 1.82) is 0 Å². The minimum absolute atomic E-state index is 0.359. The number of nitrogens with zero attached hydrogens (tertiary/aromatic N) is 1. The monoisotopic (exact) mass is 280 g/mol. The van der Waals surface area contributed by atoms with E-state index in [1.807, 2.05) is 30.0 Å². The molecule has 3 rings (SSSR count). The quantitative estimate of drug-likeness (QED) is 0.890. The molecule has 4 heteroatoms. The molecule has 0 atom stereocenters. The summed E-state index contributed by atoms with van der Waals surface area (Å²) in [6.07, 6.45) is 5.32. The summed E-state index contributed by atoms with van der Waals surface area (Å²) in [5.41, 5.74) is 1.53. The van der Waals surface area contributed by atoms with Gasteiger partial charge in [0.15, 0.2) is 5.17 Å². The van der Waals surface area contributed by atoms with Crippen LogP contribution in [0.2, 0.25) is 5.02 Å². The molecule has 1 aliphatic heterocycles. The molecule has 2 fully saturated rings. The number of nitrogens with one attached hydrogen (secondary N) is 1. The molecular formula is C14H17ClN2S. The van der Waals surface area contributed by atoms with E-state index in [4.69, 9.17) is 11.6 Å². The smallest absolute Gasteiger partial charge is 0.157 e. The zero-order chi connectivity index (χ0) is 12.4. The third kappa shape index (κ3) is 2.67. The Bertz CT molecular complexity index is 467. The molecule has 18 heavy (non-hydrogen) atoms. The van der Waals surface area contributed by atoms with Crippen LogP contribution in [-0.2, 0) is 6.54 Å². The van der Waals surface area contributed by atoms with Crippen LogP contribution in [0.15, 0.2) is 29.3 Å². The van der Waals surface area contributed by atoms with Gasteiger partial charge in [0, 0.05) is 16.3 Å². The number of halogens is 1. The van der Waals surface area contributed by atoms with Gasteiger partial charge in [0.2, 0.25) is 0 Å². The van der Waals surface area contributed by atoms with Crippen LogP contribution in [0.5, 0.6) is 0 Å². The van der Waals surface area contributed by atoms with E-state index in [1.54, 1.807) is 0 Å². The van der Waals surface area contributed by atoms with Crippen LogP contribution in [0, 0.1) is 0 Å². The van der Waals surface area contributed by atoms with Gasteiger partial charge in [-0.15, -0.1) is 0 Å². The van der Waals surface area contributed by atoms with Crippen LogP contribution < -0.4 is 5.32 Å². The minimum Gasteiger partial charge on any atom is -0.359 e. The Morgan fingerprint density at radius 1 is 1.33 bits per heavy atom. The summed E-state index contributed by atoms with van der Waals surface area (Å²) in [6, 6.07) is 7.93. The predicted molar refractivity (Wildman–Crippen MR) is 79.4 cm³/mol. The van der Waals surface area contributed by atoms with E-state index in [9.17, 15) is 0 Å². The van der Waals surface area contributed by atoms with Gasteiger partial charge in [-0.3, -0.25) is 4.99 Å². The predicted octanol–water partition coefficient (Wildman–Crippen LogP) is 3.85. The number of hydrogen-bond donors (Lipinski definition) is 1. The Balaban J connectivity index is 1.64. The maximum atomic E-state index is 5.97. The van der Waals surface area contributed by atoms with Crippen LogP contribution in [0.25, 0.3) is 0 Å². The van der Waals surface area contributed by atoms with Crippen LogP contribution in [0.4, 0.5) is 0 Å². The molecule has 0 unspecified atom stereocenters. The molecule has 1 heterocycles. The first-order chi connectivity index (χ1) is 8.76. The van der Waals surface area contributed by atoms with E-state index < -0.39 is 0 Å². The van der Waals surface area contributed by atoms with Crippen LogP contribution in [0.1, 0.15) is 31.2 Å². The molecule has 0 amide bonds. The average molecular weight is 281 g/mol. The van der Waals surface area contributed by atoms with Crippen LogP contribution in [-0.4, -0.2) is 16.5 Å². The molecule has 1 aromatic carbocycles. The molecule has 0 aromatic heterocycles. The van der Waals surface area contributed by atoms with Crippen molar-refractivity contribution in [3.8, 4) is 0 Å². The van der Waals surface area contributed by atoms with Gasteiger partial charge in [-0.2, -0.15) is 0 Å². The summed E-state index contributed by atoms with van der Waals surface area (Å²) in [5.74, 6) is 1.18. The largest absolute Gasteiger partial charge is 0.359 e. The summed E-state index contributed by atoms with van der Waals surface area (Å²) < 4.78 is 0. The molecule has 1 aromatic rings. The fraction of sp³-hybridized carbons (Fsp3) is 0.500. The lowest BCUT2D eigenvalue weighted by Gasteiger charge is -2.21. The van der Waals surface area contributed by atoms with Gasteiger partial charge in [-0.05, 0) is 30.5 Å². The highest BCUT2D eigenvalue weighted by atomic mass is 35.5. The second kappa shape index (κ2) is 5.14. The number of hydrogen-bond acceptors (Lipinski definition) is 2. The van der Waals surface area contributed by atoms with Crippen molar-refractivity contribution < 1.29 is 0 Å². The number of aliphatic imine (C=N–C) groups is 1. The van der Waals surface area contributed by atoms with E-state index in [0.717, 1.165) is 10.2 Å². The maximum absolute atomic E-state index is 5.97. The fourth-order valence-corrected chi connectivity index (χ4v) is 4.14. The zero-order valence-corrected chi connectivity index (χ0v) is 11.9. The first kappa shape index (κ1) is 12.4. The van der Waals surface area contributed by atoms with Gasteiger partial charge in [-0.25, -0.2) is 0 Å². The van der Waals surface area contributed by atoms with E-state index in [2.05, 4.69) is 16.4 Å². The van der Waals surface area contributed by atoms with Crippen molar-refractivity contribution in [3.05, 3.63) is 34.9 Å². The summed E-state index contributed by atoms with van der Waals surface area (Å²) in [5, 5.41) is 5.52. The number of benzene rings is 1. The van der Waals surface area contributed by atoms with Crippen molar-refractivity contribution in [2.45, 2.75) is 37.8 Å². The minimum atomic E-state index is 0.359. The molecule has 1 spiro atoms. The van der Waals surface area contributed by atoms with Gasteiger partial charge >= 0.3 is 0 Å². The summed E-state index contributed by atoms with van der Waals surface area (Å²) in [7, 11) is 0. The zero-order valence-electron chi connectivity index (χ0n) is 10.3. The summed E-state index contributed by atoms with van der Waals surface area (Å²) in [4.78, 5) is 4.66. The van der Waals surface area contributed by atoms with E-state index >= 15 is 0 Å². The van der Waals surface area contributed by atoms with Gasteiger partial charge in [0.25, 0.3) is 0 Å². The fourth-order valence-electron chi connectivity index (χ4n) is 2.71. The third-order valence-corrected chi connectivity index (χ3v) is 5.15. The Kier molecular flexibility index (Phi) is 3.53. The van der Waals surface area contributed by atoms with Gasteiger partial charge in [0.05, 0.1) is 6.54 Å². The molecule has 2 aliphatic rings. The topological polar surface area (TPSA) is 24.4 Å². The van der Waals surface area contributed by atoms with Crippen molar-refractivity contribution in [2.24, 2.45) is 4.99 Å². The number of amidine groups is 1. The first-order valence-electron chi connectivity index (χ1n) is 6.46. The average Bonchev–Trinajstić information content (AvgIpc) is 2.98. The van der Waals surface area contributed by atoms with Gasteiger partial charge < -0.3 is 5.32 Å². The second-order valence-electron chi connectivity index (χ2n) is 5.15. The Hall–Kier alpha value is -0.670. The number of thioether (sulfide) groups is 1. The molecule has 2 nitrogen and oxygen atoms in total. The maximum Gasteiger partial charge on any atom is 0.157 e. The Morgan fingerprint density at radius 3 is 2.94 bits per heavy atom. The van der Waals surface area contributed by atoms with Crippen molar-refractivity contribution >= 4 is 28.5 Å². The van der Waals surface area contributed by atoms with Crippen molar-refractivity contribution in [2.75, 3.05) is 5.75 Å². The number of rotatable bonds is 2. The summed E-state index contributed by atoms with van der Waals surface area (Å²) >= 11 is 7.84. The lowest BCUT2D eigenvalue weighted by molar-refractivity contribution is 0.452. The normalized spacial score (nSPS) is 23.7. The lowest BCUT2D eigenvalue weighted by Crippen LogP contribution is -2.40. The SMILES string of the molecule is Clc1cccc(CN=C2NC3(CCCC3)CS2)c1. The van der Waals surface area contributed by atoms with Crippen LogP contribution in [0.3, 0.4) is 0 Å². The molecule has 96 valence electrons. The second-order valence-corrected chi connectivity index (χ2v) is 6.55. The van der Waals surface area contributed by atoms with Gasteiger partial charge in [0.1, 0.15) is 0 Å². The molecule has 1 saturated heterocycles. The van der Waals surface area contributed by atoms with Crippen LogP contribution >= 0.6 is 23.4 Å². The Labute approximate surface area is 117 Å². The molecule has 1 N–H and O–H groups in total. The van der Waals surface area contributed by atoms with Crippen molar-refractivity contribution in [1.82, 2.24) is 5.32 Å². The highest BCUT2D eigenvalue weighted by Gasteiger charge is 2.39.